The van der Waals surface area contributed by atoms with Gasteiger partial charge in [0.1, 0.15) is 5.75 Å². The van der Waals surface area contributed by atoms with Crippen molar-refractivity contribution in [2.45, 2.75) is 25.7 Å². The number of aliphatic carboxylic acids is 1. The van der Waals surface area contributed by atoms with Gasteiger partial charge in [-0.3, -0.25) is 4.79 Å². The van der Waals surface area contributed by atoms with E-state index in [0.717, 1.165) is 5.69 Å². The fourth-order valence-electron chi connectivity index (χ4n) is 3.62. The van der Waals surface area contributed by atoms with Gasteiger partial charge in [-0.25, -0.2) is 4.79 Å². The first-order chi connectivity index (χ1) is 10.6. The van der Waals surface area contributed by atoms with E-state index in [-0.39, 0.29) is 18.4 Å². The van der Waals surface area contributed by atoms with Crippen LogP contribution in [0.5, 0.6) is 5.75 Å². The van der Waals surface area contributed by atoms with Gasteiger partial charge in [0.15, 0.2) is 6.61 Å². The minimum Gasteiger partial charge on any atom is -0.482 e. The van der Waals surface area contributed by atoms with Crippen LogP contribution in [0.1, 0.15) is 25.7 Å². The number of carboxylic acid groups (broad SMARTS) is 1. The summed E-state index contributed by atoms with van der Waals surface area (Å²) in [6.07, 6.45) is 4.89. The molecule has 2 aliphatic carbocycles. The van der Waals surface area contributed by atoms with Crippen molar-refractivity contribution in [2.75, 3.05) is 18.6 Å². The number of rotatable bonds is 5. The number of anilines is 1. The molecule has 0 spiro atoms. The Balaban J connectivity index is 1.61. The first-order valence-electron chi connectivity index (χ1n) is 7.80. The second-order valence-electron chi connectivity index (χ2n) is 6.21. The van der Waals surface area contributed by atoms with E-state index in [0.29, 0.717) is 17.6 Å². The fourth-order valence-corrected chi connectivity index (χ4v) is 3.62. The van der Waals surface area contributed by atoms with Crippen LogP contribution in [0.3, 0.4) is 0 Å². The van der Waals surface area contributed by atoms with Gasteiger partial charge in [-0.05, 0) is 48.9 Å². The Labute approximate surface area is 129 Å². The summed E-state index contributed by atoms with van der Waals surface area (Å²) in [7, 11) is 1.81. The summed E-state index contributed by atoms with van der Waals surface area (Å²) in [6, 6.07) is 6.98. The number of amides is 1. The number of hydrogen-bond donors (Lipinski definition) is 1. The highest BCUT2D eigenvalue weighted by atomic mass is 16.5. The lowest BCUT2D eigenvalue weighted by Gasteiger charge is -2.18. The average Bonchev–Trinajstić information content (AvgIpc) is 3.26. The number of ether oxygens (including phenoxy) is 1. The van der Waals surface area contributed by atoms with Crippen molar-refractivity contribution in [3.8, 4) is 5.75 Å². The monoisotopic (exact) mass is 303 g/mol. The van der Waals surface area contributed by atoms with E-state index in [2.05, 4.69) is 0 Å². The maximum absolute atomic E-state index is 12.6. The lowest BCUT2D eigenvalue weighted by Crippen LogP contribution is -2.28. The van der Waals surface area contributed by atoms with Crippen LogP contribution in [0, 0.1) is 17.8 Å². The van der Waals surface area contributed by atoms with Crippen LogP contribution >= 0.6 is 0 Å². The molecule has 2 unspecified atom stereocenters. The Morgan fingerprint density at radius 2 is 1.77 bits per heavy atom. The van der Waals surface area contributed by atoms with Gasteiger partial charge in [0.2, 0.25) is 5.91 Å². The molecule has 2 atom stereocenters. The van der Waals surface area contributed by atoms with Gasteiger partial charge in [0, 0.05) is 18.7 Å². The normalized spacial score (nSPS) is 26.0. The van der Waals surface area contributed by atoms with Gasteiger partial charge in [-0.1, -0.05) is 12.8 Å². The van der Waals surface area contributed by atoms with Crippen molar-refractivity contribution in [2.24, 2.45) is 17.8 Å². The highest BCUT2D eigenvalue weighted by Crippen LogP contribution is 2.56. The maximum atomic E-state index is 12.6. The number of fused-ring (bicyclic) bond motifs is 1. The minimum atomic E-state index is -1.01. The van der Waals surface area contributed by atoms with E-state index in [1.165, 1.54) is 25.7 Å². The molecule has 0 radical (unpaired) electrons. The summed E-state index contributed by atoms with van der Waals surface area (Å²) in [5.74, 6) is 1.09. The molecule has 1 N–H and O–H groups in total. The lowest BCUT2D eigenvalue weighted by molar-refractivity contribution is -0.139. The Kier molecular flexibility index (Phi) is 4.05. The molecule has 2 saturated carbocycles. The molecule has 3 rings (SSSR count). The molecule has 1 aromatic rings. The van der Waals surface area contributed by atoms with Gasteiger partial charge in [0.25, 0.3) is 0 Å². The second-order valence-corrected chi connectivity index (χ2v) is 6.21. The van der Waals surface area contributed by atoms with Crippen LogP contribution in [0.15, 0.2) is 24.3 Å². The molecule has 118 valence electrons. The quantitative estimate of drug-likeness (QED) is 0.907. The number of benzene rings is 1. The van der Waals surface area contributed by atoms with Crippen molar-refractivity contribution < 1.29 is 19.4 Å². The van der Waals surface area contributed by atoms with E-state index in [1.807, 2.05) is 0 Å². The third kappa shape index (κ3) is 2.93. The topological polar surface area (TPSA) is 66.8 Å². The molecule has 22 heavy (non-hydrogen) atoms. The molecule has 0 saturated heterocycles. The molecular formula is C17H21NO4. The molecule has 2 aliphatic rings. The third-order valence-corrected chi connectivity index (χ3v) is 4.86. The number of carboxylic acids is 1. The predicted molar refractivity (Wildman–Crippen MR) is 81.9 cm³/mol. The summed E-state index contributed by atoms with van der Waals surface area (Å²) in [4.78, 5) is 24.8. The summed E-state index contributed by atoms with van der Waals surface area (Å²) < 4.78 is 5.10. The van der Waals surface area contributed by atoms with Crippen molar-refractivity contribution in [1.82, 2.24) is 0 Å². The van der Waals surface area contributed by atoms with Gasteiger partial charge >= 0.3 is 5.97 Å². The smallest absolute Gasteiger partial charge is 0.341 e. The average molecular weight is 303 g/mol. The third-order valence-electron chi connectivity index (χ3n) is 4.86. The van der Waals surface area contributed by atoms with Crippen molar-refractivity contribution in [1.29, 1.82) is 0 Å². The fraction of sp³-hybridized carbons (Fsp3) is 0.529. The molecule has 5 nitrogen and oxygen atoms in total. The summed E-state index contributed by atoms with van der Waals surface area (Å²) in [5.41, 5.74) is 0.816. The molecular weight excluding hydrogens is 282 g/mol. The highest BCUT2D eigenvalue weighted by Gasteiger charge is 2.55. The summed E-state index contributed by atoms with van der Waals surface area (Å²) in [6.45, 7) is -0.362. The molecule has 2 fully saturated rings. The zero-order valence-corrected chi connectivity index (χ0v) is 12.7. The van der Waals surface area contributed by atoms with Crippen LogP contribution in [0.25, 0.3) is 0 Å². The van der Waals surface area contributed by atoms with Crippen molar-refractivity contribution in [3.05, 3.63) is 24.3 Å². The largest absolute Gasteiger partial charge is 0.482 e. The van der Waals surface area contributed by atoms with Crippen LogP contribution in [0.2, 0.25) is 0 Å². The van der Waals surface area contributed by atoms with Gasteiger partial charge in [-0.15, -0.1) is 0 Å². The Bertz CT molecular complexity index is 557. The van der Waals surface area contributed by atoms with E-state index in [9.17, 15) is 9.59 Å². The highest BCUT2D eigenvalue weighted by molar-refractivity contribution is 5.96. The number of hydrogen-bond acceptors (Lipinski definition) is 3. The number of nitrogens with zero attached hydrogens (tertiary/aromatic N) is 1. The minimum absolute atomic E-state index is 0.204. The second kappa shape index (κ2) is 5.99. The SMILES string of the molecule is CN(C(=O)C1C2CCCCC21)c1ccc(OCC(=O)O)cc1. The lowest BCUT2D eigenvalue weighted by atomic mass is 10.0. The molecule has 1 amide bonds. The van der Waals surface area contributed by atoms with E-state index < -0.39 is 5.97 Å². The van der Waals surface area contributed by atoms with Crippen LogP contribution in [-0.4, -0.2) is 30.6 Å². The Morgan fingerprint density at radius 3 is 2.32 bits per heavy atom. The first-order valence-corrected chi connectivity index (χ1v) is 7.80. The van der Waals surface area contributed by atoms with E-state index >= 15 is 0 Å². The van der Waals surface area contributed by atoms with Crippen molar-refractivity contribution >= 4 is 17.6 Å². The zero-order chi connectivity index (χ0) is 15.7. The van der Waals surface area contributed by atoms with Crippen molar-refractivity contribution in [3.63, 3.8) is 0 Å². The molecule has 0 bridgehead atoms. The predicted octanol–water partition coefficient (Wildman–Crippen LogP) is 2.55. The molecule has 0 aromatic heterocycles. The Morgan fingerprint density at radius 1 is 1.18 bits per heavy atom. The van der Waals surface area contributed by atoms with Gasteiger partial charge in [0.05, 0.1) is 0 Å². The number of carbonyl (C=O) groups is 2. The Hall–Kier alpha value is -2.04. The molecule has 1 aromatic carbocycles. The van der Waals surface area contributed by atoms with Crippen LogP contribution in [0.4, 0.5) is 5.69 Å². The maximum Gasteiger partial charge on any atom is 0.341 e. The zero-order valence-electron chi connectivity index (χ0n) is 12.7. The molecule has 5 heteroatoms. The molecule has 0 aliphatic heterocycles. The standard InChI is InChI=1S/C17H21NO4/c1-18(17(21)16-13-4-2-3-5-14(13)16)11-6-8-12(9-7-11)22-10-15(19)20/h6-9,13-14,16H,2-5,10H2,1H3,(H,19,20). The number of carbonyl (C=O) groups excluding carboxylic acids is 1. The molecule has 0 heterocycles. The van der Waals surface area contributed by atoms with Gasteiger partial charge in [-0.2, -0.15) is 0 Å². The summed E-state index contributed by atoms with van der Waals surface area (Å²) in [5, 5.41) is 8.58. The summed E-state index contributed by atoms with van der Waals surface area (Å²) >= 11 is 0. The van der Waals surface area contributed by atoms with Crippen LogP contribution in [-0.2, 0) is 9.59 Å². The first kappa shape index (κ1) is 14.9. The van der Waals surface area contributed by atoms with Crippen LogP contribution < -0.4 is 9.64 Å². The van der Waals surface area contributed by atoms with E-state index in [1.54, 1.807) is 36.2 Å². The van der Waals surface area contributed by atoms with E-state index in [4.69, 9.17) is 9.84 Å². The van der Waals surface area contributed by atoms with Gasteiger partial charge < -0.3 is 14.7 Å².